The summed E-state index contributed by atoms with van der Waals surface area (Å²) in [7, 11) is 1.36. The van der Waals surface area contributed by atoms with Gasteiger partial charge >= 0.3 is 12.6 Å². The number of benzene rings is 1. The third kappa shape index (κ3) is 5.41. The number of aromatic nitrogens is 2. The molecule has 1 fully saturated rings. The maximum atomic E-state index is 12.5. The highest BCUT2D eigenvalue weighted by Crippen LogP contribution is 2.32. The molecule has 1 saturated heterocycles. The molecule has 1 aromatic carbocycles. The van der Waals surface area contributed by atoms with Gasteiger partial charge in [0.15, 0.2) is 11.5 Å². The number of rotatable bonds is 8. The van der Waals surface area contributed by atoms with Crippen molar-refractivity contribution in [3.63, 3.8) is 0 Å². The Morgan fingerprint density at radius 2 is 2.21 bits per heavy atom. The molecule has 1 atom stereocenters. The van der Waals surface area contributed by atoms with Crippen LogP contribution in [0.2, 0.25) is 0 Å². The van der Waals surface area contributed by atoms with E-state index in [9.17, 15) is 13.6 Å². The van der Waals surface area contributed by atoms with Crippen LogP contribution in [0.15, 0.2) is 22.7 Å². The van der Waals surface area contributed by atoms with Gasteiger partial charge in [-0.1, -0.05) is 5.16 Å². The van der Waals surface area contributed by atoms with E-state index in [2.05, 4.69) is 19.8 Å². The number of likely N-dealkylation sites (tertiary alicyclic amines) is 1. The molecule has 158 valence electrons. The summed E-state index contributed by atoms with van der Waals surface area (Å²) < 4.78 is 44.9. The van der Waals surface area contributed by atoms with Crippen LogP contribution >= 0.6 is 0 Å². The van der Waals surface area contributed by atoms with Crippen molar-refractivity contribution >= 4 is 5.97 Å². The van der Waals surface area contributed by atoms with Crippen LogP contribution in [0.5, 0.6) is 11.5 Å². The quantitative estimate of drug-likeness (QED) is 0.613. The predicted molar refractivity (Wildman–Crippen MR) is 97.6 cm³/mol. The molecule has 0 amide bonds. The van der Waals surface area contributed by atoms with Crippen LogP contribution in [0.1, 0.15) is 25.7 Å². The lowest BCUT2D eigenvalue weighted by atomic mass is 9.98. The number of esters is 1. The standard InChI is InChI=1S/C19H23F2N3O5/c1-3-27-18(25)13-5-4-8-24(10-13)11-16-22-17(23-29-16)12-6-7-14(28-19(20)21)15(9-12)26-2/h6-7,9,13,19H,3-5,8,10-11H2,1-2H3. The lowest BCUT2D eigenvalue weighted by Gasteiger charge is -2.30. The van der Waals surface area contributed by atoms with Gasteiger partial charge in [-0.15, -0.1) is 0 Å². The van der Waals surface area contributed by atoms with Crippen LogP contribution in [0, 0.1) is 5.92 Å². The number of halogens is 2. The third-order valence-electron chi connectivity index (χ3n) is 4.59. The van der Waals surface area contributed by atoms with Crippen molar-refractivity contribution in [2.24, 2.45) is 5.92 Å². The first-order valence-electron chi connectivity index (χ1n) is 9.35. The Kier molecular flexibility index (Phi) is 6.97. The molecule has 1 aliphatic heterocycles. The number of carbonyl (C=O) groups excluding carboxylic acids is 1. The number of ether oxygens (including phenoxy) is 3. The fourth-order valence-electron chi connectivity index (χ4n) is 3.28. The summed E-state index contributed by atoms with van der Waals surface area (Å²) in [5, 5.41) is 3.95. The van der Waals surface area contributed by atoms with Crippen LogP contribution in [-0.2, 0) is 16.1 Å². The number of piperidine rings is 1. The summed E-state index contributed by atoms with van der Waals surface area (Å²) in [6.45, 7) is 1.01. The molecule has 1 unspecified atom stereocenters. The van der Waals surface area contributed by atoms with Crippen LogP contribution in [0.4, 0.5) is 8.78 Å². The largest absolute Gasteiger partial charge is 0.493 e. The molecule has 0 aliphatic carbocycles. The molecule has 2 aromatic rings. The Morgan fingerprint density at radius 3 is 2.93 bits per heavy atom. The number of hydrogen-bond donors (Lipinski definition) is 0. The predicted octanol–water partition coefficient (Wildman–Crippen LogP) is 3.12. The molecule has 10 heteroatoms. The Balaban J connectivity index is 1.67. The van der Waals surface area contributed by atoms with E-state index >= 15 is 0 Å². The zero-order valence-corrected chi connectivity index (χ0v) is 16.3. The van der Waals surface area contributed by atoms with E-state index in [1.54, 1.807) is 13.0 Å². The van der Waals surface area contributed by atoms with Crippen molar-refractivity contribution < 1.29 is 32.3 Å². The molecule has 0 bridgehead atoms. The first-order chi connectivity index (χ1) is 14.0. The highest BCUT2D eigenvalue weighted by atomic mass is 19.3. The van der Waals surface area contributed by atoms with Crippen molar-refractivity contribution in [1.29, 1.82) is 0 Å². The fraction of sp³-hybridized carbons (Fsp3) is 0.526. The molecule has 0 N–H and O–H groups in total. The van der Waals surface area contributed by atoms with Crippen LogP contribution < -0.4 is 9.47 Å². The van der Waals surface area contributed by atoms with E-state index < -0.39 is 6.61 Å². The topological polar surface area (TPSA) is 86.9 Å². The van der Waals surface area contributed by atoms with E-state index in [-0.39, 0.29) is 23.4 Å². The fourth-order valence-corrected chi connectivity index (χ4v) is 3.28. The first-order valence-corrected chi connectivity index (χ1v) is 9.35. The molecule has 2 heterocycles. The SMILES string of the molecule is CCOC(=O)C1CCCN(Cc2nc(-c3ccc(OC(F)F)c(OC)c3)no2)C1. The zero-order valence-electron chi connectivity index (χ0n) is 16.3. The van der Waals surface area contributed by atoms with E-state index in [1.165, 1.54) is 19.2 Å². The summed E-state index contributed by atoms with van der Waals surface area (Å²) in [6.07, 6.45) is 1.69. The van der Waals surface area contributed by atoms with E-state index in [4.69, 9.17) is 14.0 Å². The lowest BCUT2D eigenvalue weighted by molar-refractivity contribution is -0.150. The maximum Gasteiger partial charge on any atom is 0.387 e. The molecule has 0 spiro atoms. The van der Waals surface area contributed by atoms with Gasteiger partial charge in [-0.3, -0.25) is 9.69 Å². The average Bonchev–Trinajstić information content (AvgIpc) is 3.16. The van der Waals surface area contributed by atoms with E-state index in [1.807, 2.05) is 0 Å². The summed E-state index contributed by atoms with van der Waals surface area (Å²) in [4.78, 5) is 18.4. The monoisotopic (exact) mass is 411 g/mol. The Hall–Kier alpha value is -2.75. The van der Waals surface area contributed by atoms with Gasteiger partial charge in [0, 0.05) is 12.1 Å². The number of methoxy groups -OCH3 is 1. The molecule has 29 heavy (non-hydrogen) atoms. The van der Waals surface area contributed by atoms with Crippen LogP contribution in [-0.4, -0.2) is 54.4 Å². The van der Waals surface area contributed by atoms with Gasteiger partial charge in [0.05, 0.1) is 26.2 Å². The summed E-state index contributed by atoms with van der Waals surface area (Å²) >= 11 is 0. The van der Waals surface area contributed by atoms with E-state index in [0.717, 1.165) is 19.4 Å². The minimum absolute atomic E-state index is 0.0757. The highest BCUT2D eigenvalue weighted by molar-refractivity contribution is 5.72. The second-order valence-electron chi connectivity index (χ2n) is 6.58. The van der Waals surface area contributed by atoms with Crippen molar-refractivity contribution in [3.8, 4) is 22.9 Å². The Morgan fingerprint density at radius 1 is 1.38 bits per heavy atom. The first kappa shape index (κ1) is 21.0. The third-order valence-corrected chi connectivity index (χ3v) is 4.59. The zero-order chi connectivity index (χ0) is 20.8. The number of carbonyl (C=O) groups is 1. The molecule has 1 aliphatic rings. The van der Waals surface area contributed by atoms with Crippen molar-refractivity contribution in [3.05, 3.63) is 24.1 Å². The average molecular weight is 411 g/mol. The second kappa shape index (κ2) is 9.64. The van der Waals surface area contributed by atoms with E-state index in [0.29, 0.717) is 37.0 Å². The molecule has 0 radical (unpaired) electrons. The summed E-state index contributed by atoms with van der Waals surface area (Å²) in [5.41, 5.74) is 0.543. The van der Waals surface area contributed by atoms with Gasteiger partial charge in [0.2, 0.25) is 11.7 Å². The number of hydrogen-bond acceptors (Lipinski definition) is 8. The highest BCUT2D eigenvalue weighted by Gasteiger charge is 2.28. The molecule has 8 nitrogen and oxygen atoms in total. The van der Waals surface area contributed by atoms with Crippen LogP contribution in [0.25, 0.3) is 11.4 Å². The van der Waals surface area contributed by atoms with Crippen LogP contribution in [0.3, 0.4) is 0 Å². The Labute approximate surface area is 166 Å². The summed E-state index contributed by atoms with van der Waals surface area (Å²) in [5.74, 6) is 0.437. The molecule has 1 aromatic heterocycles. The smallest absolute Gasteiger partial charge is 0.387 e. The normalized spacial score (nSPS) is 17.3. The minimum atomic E-state index is -2.95. The molecule has 3 rings (SSSR count). The molecular formula is C19H23F2N3O5. The number of nitrogens with zero attached hydrogens (tertiary/aromatic N) is 3. The van der Waals surface area contributed by atoms with Crippen molar-refractivity contribution in [2.45, 2.75) is 32.9 Å². The summed E-state index contributed by atoms with van der Waals surface area (Å²) in [6, 6.07) is 4.42. The van der Waals surface area contributed by atoms with Crippen molar-refractivity contribution in [1.82, 2.24) is 15.0 Å². The minimum Gasteiger partial charge on any atom is -0.493 e. The van der Waals surface area contributed by atoms with Gasteiger partial charge in [-0.05, 0) is 44.5 Å². The molecular weight excluding hydrogens is 388 g/mol. The second-order valence-corrected chi connectivity index (χ2v) is 6.58. The van der Waals surface area contributed by atoms with Gasteiger partial charge in [0.1, 0.15) is 0 Å². The molecule has 0 saturated carbocycles. The van der Waals surface area contributed by atoms with Gasteiger partial charge in [-0.2, -0.15) is 13.8 Å². The van der Waals surface area contributed by atoms with Gasteiger partial charge in [-0.25, -0.2) is 0 Å². The maximum absolute atomic E-state index is 12.5. The number of alkyl halides is 2. The van der Waals surface area contributed by atoms with Gasteiger partial charge in [0.25, 0.3) is 0 Å². The van der Waals surface area contributed by atoms with Crippen molar-refractivity contribution in [2.75, 3.05) is 26.8 Å². The lowest BCUT2D eigenvalue weighted by Crippen LogP contribution is -2.39. The van der Waals surface area contributed by atoms with Gasteiger partial charge < -0.3 is 18.7 Å². The Bertz CT molecular complexity index is 830.